The van der Waals surface area contributed by atoms with Gasteiger partial charge in [-0.3, -0.25) is 4.90 Å². The maximum absolute atomic E-state index is 8.65. The van der Waals surface area contributed by atoms with E-state index in [0.29, 0.717) is 0 Å². The van der Waals surface area contributed by atoms with Crippen LogP contribution in [0.15, 0.2) is 35.4 Å². The molecule has 0 aromatic heterocycles. The average molecular weight is 244 g/mol. The molecule has 0 saturated carbocycles. The van der Waals surface area contributed by atoms with Crippen LogP contribution in [0.2, 0.25) is 0 Å². The molecule has 2 aliphatic rings. The number of nitrogens with zero attached hydrogens (tertiary/aromatic N) is 4. The van der Waals surface area contributed by atoms with Gasteiger partial charge >= 0.3 is 0 Å². The van der Waals surface area contributed by atoms with Gasteiger partial charge in [0.25, 0.3) is 0 Å². The molecule has 5 nitrogen and oxygen atoms in total. The van der Waals surface area contributed by atoms with Crippen molar-refractivity contribution in [3.8, 4) is 0 Å². The van der Waals surface area contributed by atoms with Gasteiger partial charge in [-0.2, -0.15) is 0 Å². The van der Waals surface area contributed by atoms with E-state index in [9.17, 15) is 0 Å². The first kappa shape index (κ1) is 11.5. The van der Waals surface area contributed by atoms with Crippen molar-refractivity contribution < 1.29 is 4.74 Å². The Morgan fingerprint density at radius 1 is 1.39 bits per heavy atom. The number of azide groups is 1. The second-order valence-corrected chi connectivity index (χ2v) is 5.23. The predicted octanol–water partition coefficient (Wildman–Crippen LogP) is 2.20. The van der Waals surface area contributed by atoms with Crippen molar-refractivity contribution in [3.63, 3.8) is 0 Å². The number of hydrogen-bond acceptors (Lipinski definition) is 3. The molecule has 0 bridgehead atoms. The van der Waals surface area contributed by atoms with Crippen LogP contribution in [0, 0.1) is 5.41 Å². The van der Waals surface area contributed by atoms with Gasteiger partial charge in [0.2, 0.25) is 0 Å². The van der Waals surface area contributed by atoms with Crippen LogP contribution < -0.4 is 0 Å². The first-order chi connectivity index (χ1) is 8.82. The molecule has 0 aliphatic carbocycles. The monoisotopic (exact) mass is 244 g/mol. The Bertz CT molecular complexity index is 465. The summed E-state index contributed by atoms with van der Waals surface area (Å²) >= 11 is 0. The second kappa shape index (κ2) is 4.61. The van der Waals surface area contributed by atoms with Gasteiger partial charge in [0.1, 0.15) is 0 Å². The molecule has 18 heavy (non-hydrogen) atoms. The Balaban J connectivity index is 1.71. The quantitative estimate of drug-likeness (QED) is 0.465. The van der Waals surface area contributed by atoms with Crippen LogP contribution in [0.3, 0.4) is 0 Å². The zero-order valence-electron chi connectivity index (χ0n) is 10.2. The maximum atomic E-state index is 8.65. The van der Waals surface area contributed by atoms with E-state index in [1.165, 1.54) is 5.56 Å². The Hall–Kier alpha value is -1.55. The van der Waals surface area contributed by atoms with Crippen molar-refractivity contribution >= 4 is 0 Å². The zero-order chi connectivity index (χ0) is 12.4. The molecule has 2 saturated heterocycles. The first-order valence-corrected chi connectivity index (χ1v) is 6.21. The fourth-order valence-electron chi connectivity index (χ4n) is 2.88. The van der Waals surface area contributed by atoms with Gasteiger partial charge in [0, 0.05) is 30.0 Å². The van der Waals surface area contributed by atoms with Crippen LogP contribution in [0.5, 0.6) is 0 Å². The highest BCUT2D eigenvalue weighted by atomic mass is 16.5. The van der Waals surface area contributed by atoms with Gasteiger partial charge in [0.05, 0.1) is 19.3 Å². The molecule has 0 amide bonds. The van der Waals surface area contributed by atoms with Crippen LogP contribution in [0.1, 0.15) is 5.56 Å². The minimum atomic E-state index is 0.0555. The smallest absolute Gasteiger partial charge is 0.0614 e. The summed E-state index contributed by atoms with van der Waals surface area (Å²) in [5.74, 6) is 0. The molecule has 5 heteroatoms. The highest BCUT2D eigenvalue weighted by molar-refractivity contribution is 5.16. The Morgan fingerprint density at radius 3 is 2.78 bits per heavy atom. The molecule has 3 rings (SSSR count). The van der Waals surface area contributed by atoms with E-state index in [2.05, 4.69) is 39.2 Å². The van der Waals surface area contributed by atoms with E-state index in [1.807, 2.05) is 6.07 Å². The lowest BCUT2D eigenvalue weighted by Crippen LogP contribution is -2.50. The number of likely N-dealkylation sites (tertiary alicyclic amines) is 1. The molecule has 0 unspecified atom stereocenters. The summed E-state index contributed by atoms with van der Waals surface area (Å²) in [4.78, 5) is 5.34. The van der Waals surface area contributed by atoms with Crippen molar-refractivity contribution in [1.29, 1.82) is 0 Å². The Labute approximate surface area is 106 Å². The lowest BCUT2D eigenvalue weighted by atomic mass is 9.81. The summed E-state index contributed by atoms with van der Waals surface area (Å²) < 4.78 is 5.33. The van der Waals surface area contributed by atoms with Crippen molar-refractivity contribution in [2.45, 2.75) is 12.6 Å². The van der Waals surface area contributed by atoms with Crippen LogP contribution >= 0.6 is 0 Å². The number of benzene rings is 1. The summed E-state index contributed by atoms with van der Waals surface area (Å²) in [7, 11) is 0. The van der Waals surface area contributed by atoms with Gasteiger partial charge < -0.3 is 4.74 Å². The molecular formula is C13H16N4O. The highest BCUT2D eigenvalue weighted by Crippen LogP contribution is 2.40. The van der Waals surface area contributed by atoms with E-state index in [-0.39, 0.29) is 11.5 Å². The molecule has 1 atom stereocenters. The lowest BCUT2D eigenvalue weighted by Gasteiger charge is -2.40. The molecule has 94 valence electrons. The minimum absolute atomic E-state index is 0.0555. The fraction of sp³-hybridized carbons (Fsp3) is 0.538. The second-order valence-electron chi connectivity index (χ2n) is 5.23. The summed E-state index contributed by atoms with van der Waals surface area (Å²) in [6.45, 7) is 4.16. The van der Waals surface area contributed by atoms with E-state index < -0.39 is 0 Å². The molecular weight excluding hydrogens is 228 g/mol. The first-order valence-electron chi connectivity index (χ1n) is 6.21. The van der Waals surface area contributed by atoms with Gasteiger partial charge in [-0.1, -0.05) is 35.4 Å². The van der Waals surface area contributed by atoms with Crippen LogP contribution in [-0.2, 0) is 11.3 Å². The van der Waals surface area contributed by atoms with E-state index in [0.717, 1.165) is 32.8 Å². The minimum Gasteiger partial charge on any atom is -0.380 e. The van der Waals surface area contributed by atoms with Crippen molar-refractivity contribution in [3.05, 3.63) is 46.3 Å². The Kier molecular flexibility index (Phi) is 2.96. The van der Waals surface area contributed by atoms with Gasteiger partial charge in [-0.25, -0.2) is 0 Å². The van der Waals surface area contributed by atoms with Gasteiger partial charge in [0.15, 0.2) is 0 Å². The summed E-state index contributed by atoms with van der Waals surface area (Å²) in [6, 6.07) is 10.4. The van der Waals surface area contributed by atoms with E-state index in [4.69, 9.17) is 10.3 Å². The molecule has 1 aromatic rings. The highest BCUT2D eigenvalue weighted by Gasteiger charge is 2.51. The van der Waals surface area contributed by atoms with Crippen molar-refractivity contribution in [1.82, 2.24) is 4.90 Å². The molecule has 1 aromatic carbocycles. The van der Waals surface area contributed by atoms with Crippen LogP contribution in [0.25, 0.3) is 10.4 Å². The predicted molar refractivity (Wildman–Crippen MR) is 67.9 cm³/mol. The molecule has 2 aliphatic heterocycles. The largest absolute Gasteiger partial charge is 0.380 e. The third-order valence-electron chi connectivity index (χ3n) is 3.90. The fourth-order valence-corrected chi connectivity index (χ4v) is 2.88. The maximum Gasteiger partial charge on any atom is 0.0614 e. The molecule has 2 heterocycles. The normalized spacial score (nSPS) is 25.7. The number of rotatable bonds is 3. The van der Waals surface area contributed by atoms with E-state index in [1.54, 1.807) is 0 Å². The lowest BCUT2D eigenvalue weighted by molar-refractivity contribution is -0.112. The average Bonchev–Trinajstić information content (AvgIpc) is 2.69. The topological polar surface area (TPSA) is 61.2 Å². The van der Waals surface area contributed by atoms with Crippen molar-refractivity contribution in [2.75, 3.05) is 26.3 Å². The molecule has 0 radical (unpaired) electrons. The molecule has 0 N–H and O–H groups in total. The van der Waals surface area contributed by atoms with Crippen LogP contribution in [-0.4, -0.2) is 37.2 Å². The van der Waals surface area contributed by atoms with Gasteiger partial charge in [-0.15, -0.1) is 0 Å². The SMILES string of the molecule is [N-]=[N+]=N[C@@H]1CN(Cc2ccccc2)CC12COC2. The summed E-state index contributed by atoms with van der Waals surface area (Å²) in [6.07, 6.45) is 0. The zero-order valence-corrected chi connectivity index (χ0v) is 10.2. The van der Waals surface area contributed by atoms with Crippen LogP contribution in [0.4, 0.5) is 0 Å². The van der Waals surface area contributed by atoms with Gasteiger partial charge in [-0.05, 0) is 11.1 Å². The third kappa shape index (κ3) is 1.97. The van der Waals surface area contributed by atoms with Crippen molar-refractivity contribution in [2.24, 2.45) is 10.5 Å². The standard InChI is InChI=1S/C13H16N4O/c14-16-15-12-7-17(8-13(12)9-18-10-13)6-11-4-2-1-3-5-11/h1-5,12H,6-10H2/t12-/m1/s1. The molecule has 2 fully saturated rings. The Morgan fingerprint density at radius 2 is 2.17 bits per heavy atom. The number of ether oxygens (including phenoxy) is 1. The summed E-state index contributed by atoms with van der Waals surface area (Å²) in [5, 5.41) is 3.95. The molecule has 1 spiro atoms. The third-order valence-corrected chi connectivity index (χ3v) is 3.90. The van der Waals surface area contributed by atoms with E-state index >= 15 is 0 Å². The summed E-state index contributed by atoms with van der Waals surface area (Å²) in [5.41, 5.74) is 10.0. The number of hydrogen-bond donors (Lipinski definition) is 0.